The average Bonchev–Trinajstić information content (AvgIpc) is 2.38. The highest BCUT2D eigenvalue weighted by atomic mass is 35.5. The second-order valence-electron chi connectivity index (χ2n) is 3.54. The highest BCUT2D eigenvalue weighted by molar-refractivity contribution is 7.98. The summed E-state index contributed by atoms with van der Waals surface area (Å²) >= 11 is 7.44. The Morgan fingerprint density at radius 3 is 2.65 bits per heavy atom. The topological polar surface area (TPSA) is 33.1 Å². The zero-order valence-electron chi connectivity index (χ0n) is 9.14. The van der Waals surface area contributed by atoms with Gasteiger partial charge in [0.05, 0.1) is 6.61 Å². The molecule has 0 aliphatic heterocycles. The van der Waals surface area contributed by atoms with Gasteiger partial charge in [0.1, 0.15) is 5.03 Å². The molecule has 1 N–H and O–H groups in total. The van der Waals surface area contributed by atoms with Crippen molar-refractivity contribution in [1.82, 2.24) is 4.98 Å². The zero-order chi connectivity index (χ0) is 12.1. The Morgan fingerprint density at radius 2 is 1.94 bits per heavy atom. The van der Waals surface area contributed by atoms with Crippen molar-refractivity contribution >= 4 is 23.4 Å². The molecule has 1 aromatic carbocycles. The minimum Gasteiger partial charge on any atom is -0.392 e. The fourth-order valence-corrected chi connectivity index (χ4v) is 2.48. The van der Waals surface area contributed by atoms with Crippen molar-refractivity contribution in [2.45, 2.75) is 17.4 Å². The summed E-state index contributed by atoms with van der Waals surface area (Å²) in [5, 5.41) is 10.8. The second-order valence-corrected chi connectivity index (χ2v) is 4.94. The Labute approximate surface area is 110 Å². The minimum atomic E-state index is 0.0246. The summed E-state index contributed by atoms with van der Waals surface area (Å²) in [5.41, 5.74) is 2.06. The van der Waals surface area contributed by atoms with E-state index in [9.17, 15) is 5.11 Å². The largest absolute Gasteiger partial charge is 0.392 e. The number of benzene rings is 1. The summed E-state index contributed by atoms with van der Waals surface area (Å²) in [4.78, 5) is 4.26. The number of aromatic nitrogens is 1. The van der Waals surface area contributed by atoms with E-state index in [-0.39, 0.29) is 6.61 Å². The molecule has 0 fully saturated rings. The van der Waals surface area contributed by atoms with Crippen molar-refractivity contribution in [3.05, 3.63) is 58.7 Å². The third-order valence-electron chi connectivity index (χ3n) is 2.31. The molecule has 0 atom stereocenters. The Bertz CT molecular complexity index is 487. The van der Waals surface area contributed by atoms with Gasteiger partial charge in [-0.2, -0.15) is 0 Å². The second kappa shape index (κ2) is 6.05. The third-order valence-corrected chi connectivity index (χ3v) is 3.68. The number of thioether (sulfide) groups is 1. The van der Waals surface area contributed by atoms with E-state index in [1.165, 1.54) is 5.56 Å². The number of aliphatic hydroxyl groups is 1. The molecule has 1 aromatic heterocycles. The van der Waals surface area contributed by atoms with Crippen LogP contribution in [-0.2, 0) is 12.4 Å². The van der Waals surface area contributed by atoms with Crippen molar-refractivity contribution in [1.29, 1.82) is 0 Å². The van der Waals surface area contributed by atoms with Gasteiger partial charge in [-0.15, -0.1) is 11.8 Å². The van der Waals surface area contributed by atoms with Gasteiger partial charge in [-0.05, 0) is 23.8 Å². The van der Waals surface area contributed by atoms with Crippen LogP contribution < -0.4 is 0 Å². The number of halogens is 1. The van der Waals surface area contributed by atoms with E-state index in [4.69, 9.17) is 11.6 Å². The number of rotatable bonds is 4. The van der Waals surface area contributed by atoms with Crippen LogP contribution in [0.25, 0.3) is 0 Å². The van der Waals surface area contributed by atoms with Gasteiger partial charge in [0, 0.05) is 22.5 Å². The summed E-state index contributed by atoms with van der Waals surface area (Å²) in [5.74, 6) is 0.821. The molecule has 0 saturated heterocycles. The Kier molecular flexibility index (Phi) is 4.42. The Balaban J connectivity index is 2.04. The molecular weight excluding hydrogens is 254 g/mol. The van der Waals surface area contributed by atoms with Crippen molar-refractivity contribution < 1.29 is 5.11 Å². The van der Waals surface area contributed by atoms with Crippen molar-refractivity contribution in [3.8, 4) is 0 Å². The molecule has 0 saturated carbocycles. The lowest BCUT2D eigenvalue weighted by molar-refractivity contribution is 0.278. The molecule has 2 nitrogen and oxygen atoms in total. The molecule has 4 heteroatoms. The van der Waals surface area contributed by atoms with E-state index in [0.717, 1.165) is 21.4 Å². The van der Waals surface area contributed by atoms with E-state index in [1.54, 1.807) is 18.0 Å². The van der Waals surface area contributed by atoms with Crippen LogP contribution in [0.4, 0.5) is 0 Å². The van der Waals surface area contributed by atoms with Gasteiger partial charge in [0.2, 0.25) is 0 Å². The molecule has 0 amide bonds. The van der Waals surface area contributed by atoms with Crippen LogP contribution in [-0.4, -0.2) is 10.1 Å². The Hall–Kier alpha value is -1.03. The predicted molar refractivity (Wildman–Crippen MR) is 71.2 cm³/mol. The van der Waals surface area contributed by atoms with E-state index >= 15 is 0 Å². The van der Waals surface area contributed by atoms with Gasteiger partial charge in [0.15, 0.2) is 0 Å². The lowest BCUT2D eigenvalue weighted by Crippen LogP contribution is -1.91. The average molecular weight is 266 g/mol. The summed E-state index contributed by atoms with van der Waals surface area (Å²) in [7, 11) is 0. The van der Waals surface area contributed by atoms with Crippen molar-refractivity contribution in [2.24, 2.45) is 0 Å². The van der Waals surface area contributed by atoms with Crippen LogP contribution >= 0.6 is 23.4 Å². The summed E-state index contributed by atoms with van der Waals surface area (Å²) in [6.45, 7) is 0.0246. The molecule has 2 aromatic rings. The van der Waals surface area contributed by atoms with Gasteiger partial charge in [-0.3, -0.25) is 0 Å². The maximum Gasteiger partial charge on any atom is 0.102 e. The molecule has 17 heavy (non-hydrogen) atoms. The van der Waals surface area contributed by atoms with Crippen LogP contribution in [0.15, 0.2) is 47.6 Å². The van der Waals surface area contributed by atoms with Gasteiger partial charge in [-0.25, -0.2) is 4.98 Å². The van der Waals surface area contributed by atoms with E-state index in [2.05, 4.69) is 4.98 Å². The predicted octanol–water partition coefficient (Wildman–Crippen LogP) is 3.52. The van der Waals surface area contributed by atoms with Gasteiger partial charge < -0.3 is 5.11 Å². The SMILES string of the molecule is OCc1cccnc1SCc1ccc(Cl)cc1. The first-order chi connectivity index (χ1) is 8.29. The quantitative estimate of drug-likeness (QED) is 0.859. The molecule has 88 valence electrons. The van der Waals surface area contributed by atoms with Crippen LogP contribution in [0, 0.1) is 0 Å². The van der Waals surface area contributed by atoms with Gasteiger partial charge in [0.25, 0.3) is 0 Å². The molecule has 0 aliphatic rings. The Morgan fingerprint density at radius 1 is 1.18 bits per heavy atom. The molecule has 0 bridgehead atoms. The number of nitrogens with zero attached hydrogens (tertiary/aromatic N) is 1. The third kappa shape index (κ3) is 3.46. The normalized spacial score (nSPS) is 10.5. The molecule has 0 radical (unpaired) electrons. The molecule has 0 unspecified atom stereocenters. The highest BCUT2D eigenvalue weighted by Gasteiger charge is 2.03. The molecule has 2 rings (SSSR count). The van der Waals surface area contributed by atoms with Crippen LogP contribution in [0.3, 0.4) is 0 Å². The maximum atomic E-state index is 9.18. The number of pyridine rings is 1. The van der Waals surface area contributed by atoms with Crippen molar-refractivity contribution in [2.75, 3.05) is 0 Å². The summed E-state index contributed by atoms with van der Waals surface area (Å²) in [6, 6.07) is 11.5. The first-order valence-corrected chi connectivity index (χ1v) is 6.58. The summed E-state index contributed by atoms with van der Waals surface area (Å²) < 4.78 is 0. The minimum absolute atomic E-state index is 0.0246. The van der Waals surface area contributed by atoms with Crippen LogP contribution in [0.2, 0.25) is 5.02 Å². The van der Waals surface area contributed by atoms with Gasteiger partial charge in [-0.1, -0.05) is 29.8 Å². The highest BCUT2D eigenvalue weighted by Crippen LogP contribution is 2.24. The van der Waals surface area contributed by atoms with Crippen LogP contribution in [0.1, 0.15) is 11.1 Å². The summed E-state index contributed by atoms with van der Waals surface area (Å²) in [6.07, 6.45) is 1.74. The molecule has 0 aliphatic carbocycles. The fraction of sp³-hybridized carbons (Fsp3) is 0.154. The first kappa shape index (κ1) is 12.4. The lowest BCUT2D eigenvalue weighted by atomic mass is 10.2. The van der Waals surface area contributed by atoms with Crippen LogP contribution in [0.5, 0.6) is 0 Å². The van der Waals surface area contributed by atoms with E-state index in [0.29, 0.717) is 0 Å². The molecular formula is C13H12ClNOS. The van der Waals surface area contributed by atoms with Crippen molar-refractivity contribution in [3.63, 3.8) is 0 Å². The van der Waals surface area contributed by atoms with E-state index in [1.807, 2.05) is 36.4 Å². The maximum absolute atomic E-state index is 9.18. The number of hydrogen-bond acceptors (Lipinski definition) is 3. The zero-order valence-corrected chi connectivity index (χ0v) is 10.7. The first-order valence-electron chi connectivity index (χ1n) is 5.21. The number of hydrogen-bond donors (Lipinski definition) is 1. The molecule has 0 spiro atoms. The monoisotopic (exact) mass is 265 g/mol. The molecule has 1 heterocycles. The standard InChI is InChI=1S/C13H12ClNOS/c14-12-5-3-10(4-6-12)9-17-13-11(8-16)2-1-7-15-13/h1-7,16H,8-9H2. The number of aliphatic hydroxyl groups excluding tert-OH is 1. The fourth-order valence-electron chi connectivity index (χ4n) is 1.41. The van der Waals surface area contributed by atoms with E-state index < -0.39 is 0 Å². The lowest BCUT2D eigenvalue weighted by Gasteiger charge is -2.05. The van der Waals surface area contributed by atoms with Gasteiger partial charge >= 0.3 is 0 Å². The smallest absolute Gasteiger partial charge is 0.102 e.